The number of hydrogen-bond donors (Lipinski definition) is 6. The number of rotatable bonds is 1. The van der Waals surface area contributed by atoms with Crippen molar-refractivity contribution < 1.29 is 49.7 Å². The Morgan fingerprint density at radius 1 is 0.725 bits per heavy atom. The van der Waals surface area contributed by atoms with Gasteiger partial charge in [0.05, 0.1) is 24.0 Å². The summed E-state index contributed by atoms with van der Waals surface area (Å²) < 4.78 is 12.0. The Bertz CT molecular complexity index is 1720. The molecule has 0 unspecified atom stereocenters. The smallest absolute Gasteiger partial charge is 0.164 e. The summed E-state index contributed by atoms with van der Waals surface area (Å²) >= 11 is 0. The molecule has 0 aromatic rings. The Morgan fingerprint density at radius 3 is 1.71 bits per heavy atom. The highest BCUT2D eigenvalue weighted by atomic mass is 16.7. The number of aliphatic hydroxyl groups is 6. The summed E-state index contributed by atoms with van der Waals surface area (Å²) in [6.07, 6.45) is 5.21. The molecule has 6 N–H and O–H groups in total. The van der Waals surface area contributed by atoms with Gasteiger partial charge in [-0.1, -0.05) is 52.0 Å². The average molecular weight is 709 g/mol. The molecule has 10 nitrogen and oxygen atoms in total. The minimum Gasteiger partial charge on any atom is -0.392 e. The van der Waals surface area contributed by atoms with Gasteiger partial charge in [0.1, 0.15) is 35.6 Å². The van der Waals surface area contributed by atoms with E-state index in [9.17, 15) is 40.2 Å². The van der Waals surface area contributed by atoms with Gasteiger partial charge in [0, 0.05) is 11.8 Å². The van der Waals surface area contributed by atoms with E-state index in [0.717, 1.165) is 18.4 Å². The van der Waals surface area contributed by atoms with Crippen LogP contribution in [0.1, 0.15) is 81.1 Å². The van der Waals surface area contributed by atoms with Gasteiger partial charge in [-0.3, -0.25) is 9.59 Å². The fourth-order valence-corrected chi connectivity index (χ4v) is 12.8. The predicted molar refractivity (Wildman–Crippen MR) is 185 cm³/mol. The van der Waals surface area contributed by atoms with E-state index in [1.165, 1.54) is 0 Å². The molecule has 0 amide bonds. The third-order valence-corrected chi connectivity index (χ3v) is 15.8. The highest BCUT2D eigenvalue weighted by Crippen LogP contribution is 2.72. The quantitative estimate of drug-likeness (QED) is 0.223. The topological polar surface area (TPSA) is 174 Å². The third-order valence-electron chi connectivity index (χ3n) is 15.8. The van der Waals surface area contributed by atoms with Crippen molar-refractivity contribution in [2.75, 3.05) is 13.2 Å². The molecular formula is C41H56O10. The summed E-state index contributed by atoms with van der Waals surface area (Å²) in [5.74, 6) is -0.371. The molecule has 1 saturated heterocycles. The molecule has 0 radical (unpaired) electrons. The number of ketones is 2. The van der Waals surface area contributed by atoms with Crippen LogP contribution in [0.3, 0.4) is 0 Å². The number of aliphatic hydroxyl groups excluding tert-OH is 4. The summed E-state index contributed by atoms with van der Waals surface area (Å²) in [5, 5.41) is 65.7. The number of fused-ring (bicyclic) bond motifs is 8. The van der Waals surface area contributed by atoms with E-state index in [1.807, 2.05) is 26.0 Å². The van der Waals surface area contributed by atoms with Crippen LogP contribution in [0, 0.1) is 57.2 Å². The molecule has 9 rings (SSSR count). The summed E-state index contributed by atoms with van der Waals surface area (Å²) in [4.78, 5) is 27.4. The van der Waals surface area contributed by atoms with Crippen LogP contribution < -0.4 is 0 Å². The minimum atomic E-state index is -2.00. The normalized spacial score (nSPS) is 51.8. The predicted octanol–water partition coefficient (Wildman–Crippen LogP) is 2.94. The fraction of sp³-hybridized carbons (Fsp3) is 0.756. The molecule has 1 aliphatic heterocycles. The van der Waals surface area contributed by atoms with Gasteiger partial charge in [-0.05, 0) is 110 Å². The summed E-state index contributed by atoms with van der Waals surface area (Å²) in [5.41, 5.74) is -3.68. The molecule has 0 aromatic heterocycles. The Balaban J connectivity index is 0.000000148. The van der Waals surface area contributed by atoms with Crippen LogP contribution in [-0.4, -0.2) is 96.8 Å². The van der Waals surface area contributed by atoms with Gasteiger partial charge < -0.3 is 40.1 Å². The van der Waals surface area contributed by atoms with Crippen molar-refractivity contribution in [2.24, 2.45) is 57.2 Å². The first-order chi connectivity index (χ1) is 23.6. The molecule has 4 bridgehead atoms. The maximum absolute atomic E-state index is 13.9. The number of carbonyl (C=O) groups is 2. The number of allylic oxidation sites excluding steroid dienone is 2. The van der Waals surface area contributed by atoms with Crippen LogP contribution in [0.4, 0.5) is 0 Å². The lowest BCUT2D eigenvalue weighted by atomic mass is 9.63. The SMILES string of the molecule is CC1=C[C@@]23CC[C@@H]4[C@H]([C@H](C=C(CO)[C@@H](O)[C@]2(O)[C@H]1O)C3=O)C4(C)C.CC1=C[C@@]23CC[C@@H]4[C@H]([C@H](C=C5COC(C)(C)O[C@H]5[C@]2(O)[C@H]1O)C3=O)C4(C)C. The van der Waals surface area contributed by atoms with Gasteiger partial charge in [-0.15, -0.1) is 0 Å². The van der Waals surface area contributed by atoms with E-state index in [2.05, 4.69) is 27.7 Å². The van der Waals surface area contributed by atoms with E-state index in [1.54, 1.807) is 26.0 Å². The summed E-state index contributed by atoms with van der Waals surface area (Å²) in [7, 11) is 0. The Kier molecular flexibility index (Phi) is 7.47. The maximum atomic E-state index is 13.9. The second-order valence-electron chi connectivity index (χ2n) is 19.2. The molecule has 5 fully saturated rings. The van der Waals surface area contributed by atoms with Crippen LogP contribution >= 0.6 is 0 Å². The zero-order chi connectivity index (χ0) is 37.2. The van der Waals surface area contributed by atoms with E-state index in [4.69, 9.17) is 9.47 Å². The van der Waals surface area contributed by atoms with Crippen LogP contribution in [0.2, 0.25) is 0 Å². The molecule has 1 heterocycles. The Labute approximate surface area is 300 Å². The first-order valence-electron chi connectivity index (χ1n) is 18.9. The molecule has 4 saturated carbocycles. The van der Waals surface area contributed by atoms with Crippen molar-refractivity contribution in [3.8, 4) is 0 Å². The van der Waals surface area contributed by atoms with Crippen molar-refractivity contribution in [1.29, 1.82) is 0 Å². The van der Waals surface area contributed by atoms with Crippen LogP contribution in [0.15, 0.2) is 46.6 Å². The minimum absolute atomic E-state index is 0.0438. The lowest BCUT2D eigenvalue weighted by molar-refractivity contribution is -0.300. The first kappa shape index (κ1) is 36.0. The zero-order valence-corrected chi connectivity index (χ0v) is 31.1. The molecule has 10 heteroatoms. The van der Waals surface area contributed by atoms with Crippen molar-refractivity contribution in [3.63, 3.8) is 0 Å². The maximum Gasteiger partial charge on any atom is 0.164 e. The van der Waals surface area contributed by atoms with Gasteiger partial charge in [0.25, 0.3) is 0 Å². The Hall–Kier alpha value is -2.02. The summed E-state index contributed by atoms with van der Waals surface area (Å²) in [6.45, 7) is 15.8. The fourth-order valence-electron chi connectivity index (χ4n) is 12.8. The molecule has 14 atom stereocenters. The van der Waals surface area contributed by atoms with Crippen molar-refractivity contribution in [3.05, 3.63) is 46.6 Å². The lowest BCUT2D eigenvalue weighted by Crippen LogP contribution is -2.66. The van der Waals surface area contributed by atoms with E-state index >= 15 is 0 Å². The zero-order valence-electron chi connectivity index (χ0n) is 31.1. The molecule has 2 spiro atoms. The van der Waals surface area contributed by atoms with Gasteiger partial charge in [-0.25, -0.2) is 0 Å². The third kappa shape index (κ3) is 4.22. The second-order valence-corrected chi connectivity index (χ2v) is 19.2. The molecular weight excluding hydrogens is 652 g/mol. The van der Waals surface area contributed by atoms with E-state index in [0.29, 0.717) is 42.4 Å². The van der Waals surface area contributed by atoms with Crippen LogP contribution in [0.25, 0.3) is 0 Å². The first-order valence-corrected chi connectivity index (χ1v) is 18.9. The largest absolute Gasteiger partial charge is 0.392 e. The molecule has 0 aromatic carbocycles. The van der Waals surface area contributed by atoms with Crippen molar-refractivity contribution in [1.82, 2.24) is 0 Å². The summed E-state index contributed by atoms with van der Waals surface area (Å²) in [6, 6.07) is 0. The molecule has 8 aliphatic carbocycles. The van der Waals surface area contributed by atoms with Gasteiger partial charge in [-0.2, -0.15) is 0 Å². The molecule has 51 heavy (non-hydrogen) atoms. The van der Waals surface area contributed by atoms with Crippen LogP contribution in [0.5, 0.6) is 0 Å². The number of ether oxygens (including phenoxy) is 2. The van der Waals surface area contributed by atoms with Gasteiger partial charge in [0.15, 0.2) is 17.4 Å². The van der Waals surface area contributed by atoms with Gasteiger partial charge >= 0.3 is 0 Å². The van der Waals surface area contributed by atoms with E-state index < -0.39 is 64.8 Å². The van der Waals surface area contributed by atoms with Gasteiger partial charge in [0.2, 0.25) is 0 Å². The highest BCUT2D eigenvalue weighted by molar-refractivity contribution is 5.96. The van der Waals surface area contributed by atoms with E-state index in [-0.39, 0.29) is 45.7 Å². The standard InChI is InChI=1S/C22H30O5.C19H26O5/c1-11-9-21-7-6-14-15(19(14,2)3)13(17(21)24)8-12-10-26-20(4,5)27-18(12)22(21,25)16(11)23;1-9-7-18-5-4-12-13(17(12,2)3)11(16(18)23)6-10(8-20)15(22)19(18,24)14(9)21/h8-9,13-16,18,23,25H,6-7,10H2,1-5H3;6-7,11-15,20-22,24H,4-5,8H2,1-3H3/t13-,14+,15-,16-,18+,21+,22+;11-,12+,13-,14-,15+,18+,19+/m00/s1. The average Bonchev–Trinajstić information content (AvgIpc) is 3.82. The second kappa shape index (κ2) is 10.6. The number of carbonyl (C=O) groups excluding carboxylic acids is 2. The van der Waals surface area contributed by atoms with Crippen molar-refractivity contribution >= 4 is 11.6 Å². The Morgan fingerprint density at radius 2 is 1.20 bits per heavy atom. The number of Topliss-reactive ketones (excluding diaryl/α,β-unsaturated/α-hetero) is 2. The highest BCUT2D eigenvalue weighted by Gasteiger charge is 2.76. The van der Waals surface area contributed by atoms with Crippen LogP contribution in [-0.2, 0) is 19.1 Å². The monoisotopic (exact) mass is 708 g/mol. The van der Waals surface area contributed by atoms with Crippen molar-refractivity contribution in [2.45, 2.75) is 122 Å². The lowest BCUT2D eigenvalue weighted by Gasteiger charge is -2.50. The molecule has 9 aliphatic rings. The molecule has 280 valence electrons. The number of hydrogen-bond acceptors (Lipinski definition) is 10.